The summed E-state index contributed by atoms with van der Waals surface area (Å²) in [6, 6.07) is -0.0637. The Morgan fingerprint density at radius 2 is 2.24 bits per heavy atom. The summed E-state index contributed by atoms with van der Waals surface area (Å²) in [5, 5.41) is 18.5. The second kappa shape index (κ2) is 7.07. The highest BCUT2D eigenvalue weighted by molar-refractivity contribution is 5.93. The molecular formula is C13H22N6O2. The van der Waals surface area contributed by atoms with E-state index in [0.717, 1.165) is 12.8 Å². The molecule has 116 valence electrons. The van der Waals surface area contributed by atoms with E-state index in [1.807, 2.05) is 0 Å². The number of nitrogens with one attached hydrogen (secondary N) is 1. The van der Waals surface area contributed by atoms with Gasteiger partial charge in [-0.2, -0.15) is 5.10 Å². The zero-order chi connectivity index (χ0) is 15.2. The molecule has 1 aliphatic heterocycles. The Labute approximate surface area is 123 Å². The van der Waals surface area contributed by atoms with Gasteiger partial charge in [0.2, 0.25) is 0 Å². The summed E-state index contributed by atoms with van der Waals surface area (Å²) in [5.74, 6) is 0.227. The molecule has 0 aliphatic carbocycles. The van der Waals surface area contributed by atoms with Crippen molar-refractivity contribution in [1.82, 2.24) is 20.0 Å². The molecule has 1 fully saturated rings. The van der Waals surface area contributed by atoms with Gasteiger partial charge in [-0.3, -0.25) is 14.8 Å². The van der Waals surface area contributed by atoms with Crippen molar-refractivity contribution in [3.05, 3.63) is 18.0 Å². The average Bonchev–Trinajstić information content (AvgIpc) is 3.06. The Hall–Kier alpha value is -2.09. The van der Waals surface area contributed by atoms with Crippen LogP contribution in [0, 0.1) is 0 Å². The molecule has 2 heterocycles. The molecule has 1 aromatic rings. The van der Waals surface area contributed by atoms with Crippen LogP contribution in [-0.2, 0) is 0 Å². The first-order chi connectivity index (χ1) is 10.2. The largest absolute Gasteiger partial charge is 0.409 e. The van der Waals surface area contributed by atoms with Crippen LogP contribution in [0.1, 0.15) is 30.1 Å². The number of amides is 1. The normalized spacial score (nSPS) is 18.7. The lowest BCUT2D eigenvalue weighted by Crippen LogP contribution is -2.55. The smallest absolute Gasteiger partial charge is 0.257 e. The van der Waals surface area contributed by atoms with Crippen molar-refractivity contribution in [3.63, 3.8) is 0 Å². The quantitative estimate of drug-likeness (QED) is 0.308. The molecule has 8 nitrogen and oxygen atoms in total. The third-order valence-electron chi connectivity index (χ3n) is 3.81. The molecular weight excluding hydrogens is 272 g/mol. The summed E-state index contributed by atoms with van der Waals surface area (Å²) in [6.45, 7) is 4.75. The maximum atomic E-state index is 12.2. The molecule has 1 aromatic heterocycles. The van der Waals surface area contributed by atoms with Crippen LogP contribution < -0.4 is 5.73 Å². The van der Waals surface area contributed by atoms with E-state index in [-0.39, 0.29) is 17.8 Å². The van der Waals surface area contributed by atoms with Crippen LogP contribution in [0.5, 0.6) is 0 Å². The van der Waals surface area contributed by atoms with E-state index in [1.54, 1.807) is 11.1 Å². The zero-order valence-corrected chi connectivity index (χ0v) is 12.2. The number of carbonyl (C=O) groups is 1. The van der Waals surface area contributed by atoms with E-state index < -0.39 is 0 Å². The molecule has 1 saturated heterocycles. The SMILES string of the molecule is CCCC(C(N)=NO)N1CCN(C(=O)c2cn[nH]c2)CC1. The van der Waals surface area contributed by atoms with Gasteiger partial charge < -0.3 is 15.8 Å². The lowest BCUT2D eigenvalue weighted by molar-refractivity contribution is 0.0605. The van der Waals surface area contributed by atoms with Crippen molar-refractivity contribution in [1.29, 1.82) is 0 Å². The highest BCUT2D eigenvalue weighted by Crippen LogP contribution is 2.13. The van der Waals surface area contributed by atoms with Gasteiger partial charge in [0, 0.05) is 32.4 Å². The summed E-state index contributed by atoms with van der Waals surface area (Å²) in [6.07, 6.45) is 4.93. The van der Waals surface area contributed by atoms with E-state index in [0.29, 0.717) is 31.7 Å². The van der Waals surface area contributed by atoms with Gasteiger partial charge in [-0.15, -0.1) is 0 Å². The Balaban J connectivity index is 1.94. The molecule has 1 unspecified atom stereocenters. The van der Waals surface area contributed by atoms with Crippen molar-refractivity contribution in [3.8, 4) is 0 Å². The van der Waals surface area contributed by atoms with Crippen LogP contribution in [0.2, 0.25) is 0 Å². The Bertz CT molecular complexity index is 479. The number of hydrogen-bond acceptors (Lipinski definition) is 5. The van der Waals surface area contributed by atoms with Gasteiger partial charge in [0.1, 0.15) is 0 Å². The second-order valence-electron chi connectivity index (χ2n) is 5.14. The number of carbonyl (C=O) groups excluding carboxylic acids is 1. The van der Waals surface area contributed by atoms with Crippen molar-refractivity contribution in [2.45, 2.75) is 25.8 Å². The van der Waals surface area contributed by atoms with Gasteiger partial charge in [0.25, 0.3) is 5.91 Å². The molecule has 1 aliphatic rings. The van der Waals surface area contributed by atoms with E-state index in [4.69, 9.17) is 10.9 Å². The fourth-order valence-corrected chi connectivity index (χ4v) is 2.64. The molecule has 0 saturated carbocycles. The third kappa shape index (κ3) is 3.52. The second-order valence-corrected chi connectivity index (χ2v) is 5.14. The molecule has 2 rings (SSSR count). The lowest BCUT2D eigenvalue weighted by Gasteiger charge is -2.38. The number of hydrogen-bond donors (Lipinski definition) is 3. The Morgan fingerprint density at radius 3 is 2.76 bits per heavy atom. The van der Waals surface area contributed by atoms with Gasteiger partial charge in [0.05, 0.1) is 17.8 Å². The Kier molecular flexibility index (Phi) is 5.15. The number of nitrogens with two attached hydrogens (primary N) is 1. The number of H-pyrrole nitrogens is 1. The number of nitrogens with zero attached hydrogens (tertiary/aromatic N) is 4. The van der Waals surface area contributed by atoms with E-state index in [9.17, 15) is 4.79 Å². The molecule has 8 heteroatoms. The first-order valence-corrected chi connectivity index (χ1v) is 7.16. The summed E-state index contributed by atoms with van der Waals surface area (Å²) in [5.41, 5.74) is 6.35. The van der Waals surface area contributed by atoms with Gasteiger partial charge in [-0.1, -0.05) is 18.5 Å². The van der Waals surface area contributed by atoms with Crippen molar-refractivity contribution in [2.75, 3.05) is 26.2 Å². The number of piperazine rings is 1. The molecule has 1 atom stereocenters. The summed E-state index contributed by atoms with van der Waals surface area (Å²) in [4.78, 5) is 16.2. The van der Waals surface area contributed by atoms with Crippen molar-refractivity contribution >= 4 is 11.7 Å². The van der Waals surface area contributed by atoms with Crippen LogP contribution >= 0.6 is 0 Å². The fraction of sp³-hybridized carbons (Fsp3) is 0.615. The Morgan fingerprint density at radius 1 is 1.52 bits per heavy atom. The van der Waals surface area contributed by atoms with Crippen LogP contribution in [0.15, 0.2) is 17.5 Å². The van der Waals surface area contributed by atoms with Crippen molar-refractivity contribution < 1.29 is 10.0 Å². The first-order valence-electron chi connectivity index (χ1n) is 7.16. The summed E-state index contributed by atoms with van der Waals surface area (Å²) in [7, 11) is 0. The minimum Gasteiger partial charge on any atom is -0.409 e. The van der Waals surface area contributed by atoms with E-state index in [1.165, 1.54) is 6.20 Å². The molecule has 4 N–H and O–H groups in total. The van der Waals surface area contributed by atoms with Gasteiger partial charge in [0.15, 0.2) is 5.84 Å². The average molecular weight is 294 g/mol. The summed E-state index contributed by atoms with van der Waals surface area (Å²) >= 11 is 0. The molecule has 0 bridgehead atoms. The third-order valence-corrected chi connectivity index (χ3v) is 3.81. The van der Waals surface area contributed by atoms with Gasteiger partial charge in [-0.25, -0.2) is 0 Å². The van der Waals surface area contributed by atoms with E-state index in [2.05, 4.69) is 27.2 Å². The topological polar surface area (TPSA) is 111 Å². The van der Waals surface area contributed by atoms with E-state index >= 15 is 0 Å². The highest BCUT2D eigenvalue weighted by atomic mass is 16.4. The molecule has 21 heavy (non-hydrogen) atoms. The fourth-order valence-electron chi connectivity index (χ4n) is 2.64. The number of rotatable bonds is 5. The maximum absolute atomic E-state index is 12.2. The minimum atomic E-state index is -0.0637. The maximum Gasteiger partial charge on any atom is 0.257 e. The van der Waals surface area contributed by atoms with Crippen molar-refractivity contribution in [2.24, 2.45) is 10.9 Å². The monoisotopic (exact) mass is 294 g/mol. The van der Waals surface area contributed by atoms with Crippen LogP contribution in [0.4, 0.5) is 0 Å². The molecule has 0 aromatic carbocycles. The summed E-state index contributed by atoms with van der Waals surface area (Å²) < 4.78 is 0. The van der Waals surface area contributed by atoms with Gasteiger partial charge in [-0.05, 0) is 6.42 Å². The van der Waals surface area contributed by atoms with Crippen LogP contribution in [0.3, 0.4) is 0 Å². The van der Waals surface area contributed by atoms with Crippen LogP contribution in [0.25, 0.3) is 0 Å². The molecule has 0 spiro atoms. The van der Waals surface area contributed by atoms with Crippen LogP contribution in [-0.4, -0.2) is 69.2 Å². The van der Waals surface area contributed by atoms with Gasteiger partial charge >= 0.3 is 0 Å². The number of amidine groups is 1. The number of oxime groups is 1. The zero-order valence-electron chi connectivity index (χ0n) is 12.2. The lowest BCUT2D eigenvalue weighted by atomic mass is 10.1. The predicted octanol–water partition coefficient (Wildman–Crippen LogP) is 0.0826. The first kappa shape index (κ1) is 15.3. The standard InChI is InChI=1S/C13H22N6O2/c1-2-3-11(12(14)17-21)18-4-6-19(7-5-18)13(20)10-8-15-16-9-10/h8-9,11,21H,2-7H2,1H3,(H2,14,17)(H,15,16). The highest BCUT2D eigenvalue weighted by Gasteiger charge is 2.28. The molecule has 0 radical (unpaired) electrons. The molecule has 1 amide bonds. The minimum absolute atomic E-state index is 0.0146. The number of aromatic nitrogens is 2. The number of aromatic amines is 1. The predicted molar refractivity (Wildman–Crippen MR) is 78.2 cm³/mol.